The molecule has 0 aliphatic rings. The van der Waals surface area contributed by atoms with E-state index in [1.807, 2.05) is 24.3 Å². The molecule has 128 valence electrons. The quantitative estimate of drug-likeness (QED) is 0.429. The van der Waals surface area contributed by atoms with E-state index in [0.717, 1.165) is 22.8 Å². The highest BCUT2D eigenvalue weighted by atomic mass is 32.2. The smallest absolute Gasteiger partial charge is 0.170 e. The molecular weight excluding hydrogens is 350 g/mol. The largest absolute Gasteiger partial charge is 0.497 e. The Kier molecular flexibility index (Phi) is 7.27. The van der Waals surface area contributed by atoms with Crippen LogP contribution in [0.2, 0.25) is 0 Å². The van der Waals surface area contributed by atoms with Crippen molar-refractivity contribution < 1.29 is 13.5 Å². The summed E-state index contributed by atoms with van der Waals surface area (Å²) in [7, 11) is 1.64. The van der Waals surface area contributed by atoms with Gasteiger partial charge in [0.15, 0.2) is 5.11 Å². The third-order valence-corrected chi connectivity index (χ3v) is 4.48. The van der Waals surface area contributed by atoms with Crippen LogP contribution in [0.5, 0.6) is 5.75 Å². The Morgan fingerprint density at radius 2 is 1.79 bits per heavy atom. The second-order valence-corrected chi connectivity index (χ2v) is 6.43. The molecule has 0 saturated carbocycles. The number of thiocarbonyl (C=S) groups is 1. The molecule has 0 aliphatic carbocycles. The van der Waals surface area contributed by atoms with Crippen molar-refractivity contribution in [2.45, 2.75) is 11.3 Å². The molecule has 2 N–H and O–H groups in total. The molecule has 3 nitrogen and oxygen atoms in total. The Balaban J connectivity index is 1.67. The number of rotatable bonds is 7. The second-order valence-electron chi connectivity index (χ2n) is 4.86. The Morgan fingerprint density at radius 1 is 1.12 bits per heavy atom. The number of thioether (sulfide) groups is 1. The molecular formula is C17H18F2N2OS2. The molecule has 7 heteroatoms. The lowest BCUT2D eigenvalue weighted by molar-refractivity contribution is 0.414. The number of para-hydroxylation sites is 1. The van der Waals surface area contributed by atoms with E-state index in [2.05, 4.69) is 10.6 Å². The maximum atomic E-state index is 13.5. The maximum Gasteiger partial charge on any atom is 0.170 e. The van der Waals surface area contributed by atoms with E-state index in [-0.39, 0.29) is 10.8 Å². The van der Waals surface area contributed by atoms with Crippen molar-refractivity contribution >= 4 is 34.8 Å². The van der Waals surface area contributed by atoms with Crippen molar-refractivity contribution in [3.8, 4) is 5.75 Å². The van der Waals surface area contributed by atoms with Gasteiger partial charge >= 0.3 is 0 Å². The van der Waals surface area contributed by atoms with E-state index >= 15 is 0 Å². The fourth-order valence-corrected chi connectivity index (χ4v) is 2.97. The van der Waals surface area contributed by atoms with Gasteiger partial charge in [-0.05, 0) is 60.8 Å². The predicted molar refractivity (Wildman–Crippen MR) is 98.9 cm³/mol. The van der Waals surface area contributed by atoms with Gasteiger partial charge in [0.05, 0.1) is 7.11 Å². The Bertz CT molecular complexity index is 661. The van der Waals surface area contributed by atoms with Gasteiger partial charge in [0.2, 0.25) is 0 Å². The number of halogens is 2. The summed E-state index contributed by atoms with van der Waals surface area (Å²) in [5.41, 5.74) is -0.234. The predicted octanol–water partition coefficient (Wildman–Crippen LogP) is 4.44. The van der Waals surface area contributed by atoms with Crippen molar-refractivity contribution in [1.29, 1.82) is 0 Å². The molecule has 2 aromatic rings. The van der Waals surface area contributed by atoms with Gasteiger partial charge in [-0.25, -0.2) is 8.78 Å². The average molecular weight is 368 g/mol. The molecule has 0 radical (unpaired) electrons. The van der Waals surface area contributed by atoms with Crippen LogP contribution in [0.1, 0.15) is 6.42 Å². The van der Waals surface area contributed by atoms with Gasteiger partial charge in [-0.15, -0.1) is 11.8 Å². The summed E-state index contributed by atoms with van der Waals surface area (Å²) in [6.07, 6.45) is 0.859. The molecule has 0 aliphatic heterocycles. The molecule has 24 heavy (non-hydrogen) atoms. The van der Waals surface area contributed by atoms with Crippen LogP contribution in [0.15, 0.2) is 47.4 Å². The van der Waals surface area contributed by atoms with Gasteiger partial charge in [-0.2, -0.15) is 0 Å². The fraction of sp³-hybridized carbons (Fsp3) is 0.235. The zero-order valence-corrected chi connectivity index (χ0v) is 14.8. The van der Waals surface area contributed by atoms with Gasteiger partial charge in [-0.1, -0.05) is 6.07 Å². The summed E-state index contributed by atoms with van der Waals surface area (Å²) in [5.74, 6) is 0.386. The summed E-state index contributed by atoms with van der Waals surface area (Å²) in [4.78, 5) is 1.16. The highest BCUT2D eigenvalue weighted by Gasteiger charge is 2.09. The zero-order chi connectivity index (χ0) is 17.4. The third kappa shape index (κ3) is 5.65. The summed E-state index contributed by atoms with van der Waals surface area (Å²) in [5, 5.41) is 5.70. The van der Waals surface area contributed by atoms with Crippen LogP contribution in [0.3, 0.4) is 0 Å². The van der Waals surface area contributed by atoms with Crippen LogP contribution in [-0.2, 0) is 0 Å². The van der Waals surface area contributed by atoms with Gasteiger partial charge in [0, 0.05) is 11.4 Å². The summed E-state index contributed by atoms with van der Waals surface area (Å²) >= 11 is 6.77. The first-order valence-electron chi connectivity index (χ1n) is 7.36. The van der Waals surface area contributed by atoms with E-state index in [4.69, 9.17) is 17.0 Å². The number of hydrogen-bond donors (Lipinski definition) is 2. The lowest BCUT2D eigenvalue weighted by atomic mass is 10.3. The number of nitrogens with one attached hydrogen (secondary N) is 2. The molecule has 0 saturated heterocycles. The SMILES string of the molecule is COc1ccc(SCCCNC(=S)Nc2c(F)cccc2F)cc1. The first kappa shape index (κ1) is 18.5. The molecule has 0 amide bonds. The van der Waals surface area contributed by atoms with Crippen LogP contribution in [0.4, 0.5) is 14.5 Å². The highest BCUT2D eigenvalue weighted by Crippen LogP contribution is 2.21. The number of benzene rings is 2. The molecule has 0 fully saturated rings. The van der Waals surface area contributed by atoms with E-state index in [1.165, 1.54) is 18.2 Å². The van der Waals surface area contributed by atoms with E-state index in [9.17, 15) is 8.78 Å². The van der Waals surface area contributed by atoms with Gasteiger partial charge in [-0.3, -0.25) is 0 Å². The van der Waals surface area contributed by atoms with Crippen LogP contribution >= 0.6 is 24.0 Å². The standard InChI is InChI=1S/C17H18F2N2OS2/c1-22-12-6-8-13(9-7-12)24-11-3-10-20-17(23)21-16-14(18)4-2-5-15(16)19/h2,4-9H,3,10-11H2,1H3,(H2,20,21,23). The molecule has 0 bridgehead atoms. The minimum absolute atomic E-state index is 0.202. The topological polar surface area (TPSA) is 33.3 Å². The number of anilines is 1. The van der Waals surface area contributed by atoms with Crippen LogP contribution in [0, 0.1) is 11.6 Å². The molecule has 0 heterocycles. The number of hydrogen-bond acceptors (Lipinski definition) is 3. The van der Waals surface area contributed by atoms with Gasteiger partial charge in [0.25, 0.3) is 0 Å². The van der Waals surface area contributed by atoms with Crippen molar-refractivity contribution in [3.63, 3.8) is 0 Å². The molecule has 0 atom stereocenters. The van der Waals surface area contributed by atoms with Gasteiger partial charge < -0.3 is 15.4 Å². The molecule has 0 aromatic heterocycles. The van der Waals surface area contributed by atoms with Crippen molar-refractivity contribution in [1.82, 2.24) is 5.32 Å². The van der Waals surface area contributed by atoms with Crippen molar-refractivity contribution in [3.05, 3.63) is 54.1 Å². The van der Waals surface area contributed by atoms with Crippen LogP contribution < -0.4 is 15.4 Å². The van der Waals surface area contributed by atoms with E-state index in [0.29, 0.717) is 6.54 Å². The zero-order valence-electron chi connectivity index (χ0n) is 13.1. The molecule has 2 aromatic carbocycles. The Morgan fingerprint density at radius 3 is 2.42 bits per heavy atom. The molecule has 0 unspecified atom stereocenters. The molecule has 0 spiro atoms. The normalized spacial score (nSPS) is 10.3. The number of ether oxygens (including phenoxy) is 1. The summed E-state index contributed by atoms with van der Waals surface area (Å²) in [6, 6.07) is 11.5. The first-order valence-corrected chi connectivity index (χ1v) is 8.75. The van der Waals surface area contributed by atoms with Crippen molar-refractivity contribution in [2.75, 3.05) is 24.7 Å². The minimum atomic E-state index is -0.672. The first-order chi connectivity index (χ1) is 11.6. The molecule has 2 rings (SSSR count). The van der Waals surface area contributed by atoms with Crippen LogP contribution in [0.25, 0.3) is 0 Å². The van der Waals surface area contributed by atoms with Crippen molar-refractivity contribution in [2.24, 2.45) is 0 Å². The third-order valence-electron chi connectivity index (χ3n) is 3.14. The summed E-state index contributed by atoms with van der Waals surface area (Å²) in [6.45, 7) is 0.616. The second kappa shape index (κ2) is 9.44. The van der Waals surface area contributed by atoms with Crippen LogP contribution in [-0.4, -0.2) is 24.5 Å². The average Bonchev–Trinajstić information content (AvgIpc) is 2.58. The number of methoxy groups -OCH3 is 1. The van der Waals surface area contributed by atoms with E-state index in [1.54, 1.807) is 18.9 Å². The lowest BCUT2D eigenvalue weighted by Crippen LogP contribution is -2.30. The fourth-order valence-electron chi connectivity index (χ4n) is 1.91. The minimum Gasteiger partial charge on any atom is -0.497 e. The Hall–Kier alpha value is -1.86. The maximum absolute atomic E-state index is 13.5. The van der Waals surface area contributed by atoms with Gasteiger partial charge in [0.1, 0.15) is 23.1 Å². The monoisotopic (exact) mass is 368 g/mol. The lowest BCUT2D eigenvalue weighted by Gasteiger charge is -2.11. The van der Waals surface area contributed by atoms with E-state index < -0.39 is 11.6 Å². The highest BCUT2D eigenvalue weighted by molar-refractivity contribution is 7.99. The summed E-state index contributed by atoms with van der Waals surface area (Å²) < 4.78 is 32.1. The Labute approximate surface area is 149 Å².